The van der Waals surface area contributed by atoms with Crippen LogP contribution < -0.4 is 6.15 Å². The Morgan fingerprint density at radius 2 is 1.20 bits per heavy atom. The smallest absolute Gasteiger partial charge is 0.336 e. The zero-order chi connectivity index (χ0) is 10.6. The van der Waals surface area contributed by atoms with Gasteiger partial charge in [0.2, 0.25) is 0 Å². The van der Waals surface area contributed by atoms with E-state index in [2.05, 4.69) is 0 Å². The van der Waals surface area contributed by atoms with Crippen LogP contribution in [0, 0.1) is 0 Å². The van der Waals surface area contributed by atoms with Gasteiger partial charge in [0.15, 0.2) is 5.60 Å². The third kappa shape index (κ3) is 7.05. The normalized spacial score (nSPS) is 9.40. The van der Waals surface area contributed by atoms with Crippen LogP contribution in [0.15, 0.2) is 0 Å². The van der Waals surface area contributed by atoms with Gasteiger partial charge in [0.1, 0.15) is 0 Å². The summed E-state index contributed by atoms with van der Waals surface area (Å²) in [5.41, 5.74) is -2.74. The second kappa shape index (κ2) is 7.37. The van der Waals surface area contributed by atoms with Gasteiger partial charge in [-0.2, -0.15) is 0 Å². The number of hydrogen-bond acceptors (Lipinski definition) is 5. The predicted molar refractivity (Wildman–Crippen MR) is 42.1 cm³/mol. The van der Waals surface area contributed by atoms with Gasteiger partial charge in [0.25, 0.3) is 0 Å². The van der Waals surface area contributed by atoms with Gasteiger partial charge < -0.3 is 26.6 Å². The minimum atomic E-state index is -2.74. The summed E-state index contributed by atoms with van der Waals surface area (Å²) < 4.78 is 0. The van der Waals surface area contributed by atoms with Crippen LogP contribution in [0.4, 0.5) is 0 Å². The molecule has 0 rings (SSSR count). The van der Waals surface area contributed by atoms with Crippen molar-refractivity contribution in [1.82, 2.24) is 6.15 Å². The van der Waals surface area contributed by atoms with Crippen molar-refractivity contribution in [2.24, 2.45) is 0 Å². The minimum absolute atomic E-state index is 0. The first-order valence-corrected chi connectivity index (χ1v) is 3.17. The molecule has 0 saturated heterocycles. The standard InChI is InChI=1S/C6H8O7.Au.H3N/c7-3(8)1-6(13,5(11)12)2-4(9)10;;/h13H,1-2H2,(H,7,8)(H,9,10)(H,11,12);;1H3. The number of carboxylic acids is 3. The molecular formula is C6H11AuNO7. The topological polar surface area (TPSA) is 167 Å². The van der Waals surface area contributed by atoms with Crippen LogP contribution in [0.1, 0.15) is 12.8 Å². The molecule has 0 heterocycles. The van der Waals surface area contributed by atoms with Crippen molar-refractivity contribution in [3.05, 3.63) is 0 Å². The van der Waals surface area contributed by atoms with Gasteiger partial charge in [0, 0.05) is 22.4 Å². The number of rotatable bonds is 5. The molecule has 0 amide bonds. The van der Waals surface area contributed by atoms with E-state index < -0.39 is 36.4 Å². The summed E-state index contributed by atoms with van der Waals surface area (Å²) in [5.74, 6) is -5.02. The van der Waals surface area contributed by atoms with E-state index in [1.54, 1.807) is 0 Å². The van der Waals surface area contributed by atoms with Crippen molar-refractivity contribution in [3.63, 3.8) is 0 Å². The largest absolute Gasteiger partial charge is 0.481 e. The number of aliphatic carboxylic acids is 3. The molecule has 93 valence electrons. The fourth-order valence-corrected chi connectivity index (χ4v) is 0.714. The van der Waals surface area contributed by atoms with E-state index in [0.717, 1.165) is 0 Å². The van der Waals surface area contributed by atoms with Crippen LogP contribution in [-0.2, 0) is 36.8 Å². The van der Waals surface area contributed by atoms with Gasteiger partial charge in [-0.05, 0) is 0 Å². The third-order valence-corrected chi connectivity index (χ3v) is 1.29. The molecule has 0 fully saturated rings. The zero-order valence-corrected chi connectivity index (χ0v) is 9.60. The molecule has 0 aromatic heterocycles. The molecule has 0 aliphatic heterocycles. The number of aliphatic hydroxyl groups is 1. The van der Waals surface area contributed by atoms with E-state index >= 15 is 0 Å². The Morgan fingerprint density at radius 1 is 0.933 bits per heavy atom. The van der Waals surface area contributed by atoms with Crippen LogP contribution >= 0.6 is 0 Å². The molecule has 0 bridgehead atoms. The van der Waals surface area contributed by atoms with Crippen molar-refractivity contribution in [2.45, 2.75) is 18.4 Å². The van der Waals surface area contributed by atoms with Gasteiger partial charge in [-0.1, -0.05) is 0 Å². The van der Waals surface area contributed by atoms with Gasteiger partial charge >= 0.3 is 17.9 Å². The molecule has 0 unspecified atom stereocenters. The van der Waals surface area contributed by atoms with Crippen LogP contribution in [0.3, 0.4) is 0 Å². The fraction of sp³-hybridized carbons (Fsp3) is 0.500. The summed E-state index contributed by atoms with van der Waals surface area (Å²) in [6, 6.07) is 0. The molecule has 9 heteroatoms. The molecule has 0 aromatic rings. The number of carbonyl (C=O) groups is 3. The third-order valence-electron chi connectivity index (χ3n) is 1.29. The maximum Gasteiger partial charge on any atom is 0.336 e. The van der Waals surface area contributed by atoms with Crippen molar-refractivity contribution >= 4 is 17.9 Å². The van der Waals surface area contributed by atoms with Crippen molar-refractivity contribution in [2.75, 3.05) is 0 Å². The molecule has 0 atom stereocenters. The Bertz CT molecular complexity index is 238. The van der Waals surface area contributed by atoms with E-state index in [4.69, 9.17) is 20.4 Å². The molecule has 0 aromatic carbocycles. The summed E-state index contributed by atoms with van der Waals surface area (Å²) in [5, 5.41) is 33.8. The van der Waals surface area contributed by atoms with E-state index in [-0.39, 0.29) is 28.5 Å². The zero-order valence-electron chi connectivity index (χ0n) is 7.44. The Labute approximate surface area is 100.0 Å². The van der Waals surface area contributed by atoms with Crippen LogP contribution in [0.2, 0.25) is 0 Å². The number of carboxylic acid groups (broad SMARTS) is 3. The molecule has 8 nitrogen and oxygen atoms in total. The molecule has 0 spiro atoms. The molecule has 0 aliphatic carbocycles. The molecule has 1 radical (unpaired) electrons. The van der Waals surface area contributed by atoms with Gasteiger partial charge in [-0.3, -0.25) is 9.59 Å². The fourth-order valence-electron chi connectivity index (χ4n) is 0.714. The maximum atomic E-state index is 10.3. The summed E-state index contributed by atoms with van der Waals surface area (Å²) in [6.45, 7) is 0. The van der Waals surface area contributed by atoms with Gasteiger partial charge in [-0.25, -0.2) is 4.79 Å². The second-order valence-electron chi connectivity index (χ2n) is 2.48. The van der Waals surface area contributed by atoms with Crippen molar-refractivity contribution in [1.29, 1.82) is 0 Å². The SMILES string of the molecule is N.O=C(O)CC(O)(CC(=O)O)C(=O)O.[Au]. The minimum Gasteiger partial charge on any atom is -0.481 e. The average molecular weight is 406 g/mol. The van der Waals surface area contributed by atoms with Crippen molar-refractivity contribution in [3.8, 4) is 0 Å². The summed E-state index contributed by atoms with van der Waals surface area (Å²) >= 11 is 0. The van der Waals surface area contributed by atoms with E-state index in [1.807, 2.05) is 0 Å². The summed E-state index contributed by atoms with van der Waals surface area (Å²) in [4.78, 5) is 30.5. The van der Waals surface area contributed by atoms with Crippen LogP contribution in [0.25, 0.3) is 0 Å². The second-order valence-corrected chi connectivity index (χ2v) is 2.48. The molecular weight excluding hydrogens is 395 g/mol. The Balaban J connectivity index is -0.000000720. The van der Waals surface area contributed by atoms with Crippen LogP contribution in [0.5, 0.6) is 0 Å². The quantitative estimate of drug-likeness (QED) is 0.359. The predicted octanol–water partition coefficient (Wildman–Crippen LogP) is -1.09. The monoisotopic (exact) mass is 406 g/mol. The Hall–Kier alpha value is -0.930. The van der Waals surface area contributed by atoms with Crippen molar-refractivity contribution < 1.29 is 57.2 Å². The first kappa shape index (κ1) is 19.6. The van der Waals surface area contributed by atoms with Gasteiger partial charge in [0.05, 0.1) is 12.8 Å². The van der Waals surface area contributed by atoms with E-state index in [0.29, 0.717) is 0 Å². The average Bonchev–Trinajstić information content (AvgIpc) is 1.82. The molecule has 7 N–H and O–H groups in total. The summed E-state index contributed by atoms with van der Waals surface area (Å²) in [6.07, 6.45) is -2.29. The Morgan fingerprint density at radius 3 is 1.33 bits per heavy atom. The van der Waals surface area contributed by atoms with E-state index in [1.165, 1.54) is 0 Å². The van der Waals surface area contributed by atoms with Gasteiger partial charge in [-0.15, -0.1) is 0 Å². The summed E-state index contributed by atoms with van der Waals surface area (Å²) in [7, 11) is 0. The van der Waals surface area contributed by atoms with Crippen LogP contribution in [-0.4, -0.2) is 43.9 Å². The molecule has 0 saturated carbocycles. The van der Waals surface area contributed by atoms with E-state index in [9.17, 15) is 14.4 Å². The first-order chi connectivity index (χ1) is 5.78. The first-order valence-electron chi connectivity index (χ1n) is 3.17. The maximum absolute atomic E-state index is 10.3. The molecule has 15 heavy (non-hydrogen) atoms. The number of hydrogen-bond donors (Lipinski definition) is 5. The Kier molecular flexibility index (Phi) is 9.64. The molecule has 0 aliphatic rings.